The van der Waals surface area contributed by atoms with Crippen molar-refractivity contribution in [3.05, 3.63) is 29.6 Å². The summed E-state index contributed by atoms with van der Waals surface area (Å²) < 4.78 is 5.69. The molecule has 1 aliphatic heterocycles. The first-order valence-electron chi connectivity index (χ1n) is 6.18. The average molecular weight is 235 g/mol. The van der Waals surface area contributed by atoms with Crippen molar-refractivity contribution in [1.82, 2.24) is 15.2 Å². The van der Waals surface area contributed by atoms with E-state index in [0.717, 1.165) is 32.8 Å². The van der Waals surface area contributed by atoms with Crippen LogP contribution in [0.4, 0.5) is 0 Å². The lowest BCUT2D eigenvalue weighted by molar-refractivity contribution is -0.0295. The second-order valence-corrected chi connectivity index (χ2v) is 4.55. The zero-order valence-corrected chi connectivity index (χ0v) is 10.6. The minimum absolute atomic E-state index is 0.303. The number of hydrogen-bond acceptors (Lipinski definition) is 4. The molecular formula is C13H21N3O. The molecule has 0 bridgehead atoms. The highest BCUT2D eigenvalue weighted by Gasteiger charge is 2.20. The maximum absolute atomic E-state index is 5.69. The molecule has 1 atom stereocenters. The van der Waals surface area contributed by atoms with E-state index in [4.69, 9.17) is 4.74 Å². The quantitative estimate of drug-likeness (QED) is 0.838. The standard InChI is InChI=1S/C13H21N3O/c1-11-4-3-5-15-13(11)10-16-6-7-17-12(9-16)8-14-2/h3-5,12,14H,6-10H2,1-2H3. The zero-order chi connectivity index (χ0) is 12.1. The highest BCUT2D eigenvalue weighted by atomic mass is 16.5. The topological polar surface area (TPSA) is 37.4 Å². The number of likely N-dealkylation sites (N-methyl/N-ethyl adjacent to an activating group) is 1. The number of pyridine rings is 1. The van der Waals surface area contributed by atoms with E-state index in [1.807, 2.05) is 19.3 Å². The van der Waals surface area contributed by atoms with Crippen molar-refractivity contribution in [2.45, 2.75) is 19.6 Å². The largest absolute Gasteiger partial charge is 0.374 e. The second kappa shape index (κ2) is 6.10. The van der Waals surface area contributed by atoms with E-state index in [1.165, 1.54) is 11.3 Å². The maximum Gasteiger partial charge on any atom is 0.0826 e. The van der Waals surface area contributed by atoms with Crippen LogP contribution in [0.5, 0.6) is 0 Å². The van der Waals surface area contributed by atoms with Gasteiger partial charge >= 0.3 is 0 Å². The molecule has 0 spiro atoms. The number of nitrogens with one attached hydrogen (secondary N) is 1. The highest BCUT2D eigenvalue weighted by Crippen LogP contribution is 2.11. The van der Waals surface area contributed by atoms with Crippen LogP contribution in [0, 0.1) is 6.92 Å². The summed E-state index contributed by atoms with van der Waals surface area (Å²) in [4.78, 5) is 6.86. The minimum Gasteiger partial charge on any atom is -0.374 e. The molecule has 0 aromatic carbocycles. The molecule has 1 aromatic heterocycles. The summed E-state index contributed by atoms with van der Waals surface area (Å²) in [5.74, 6) is 0. The van der Waals surface area contributed by atoms with Gasteiger partial charge in [0.05, 0.1) is 18.4 Å². The smallest absolute Gasteiger partial charge is 0.0826 e. The van der Waals surface area contributed by atoms with Crippen LogP contribution in [-0.4, -0.2) is 49.3 Å². The van der Waals surface area contributed by atoms with E-state index < -0.39 is 0 Å². The third-order valence-electron chi connectivity index (χ3n) is 3.15. The molecule has 0 aliphatic carbocycles. The molecule has 17 heavy (non-hydrogen) atoms. The Labute approximate surface area is 103 Å². The summed E-state index contributed by atoms with van der Waals surface area (Å²) in [6.07, 6.45) is 2.17. The fourth-order valence-corrected chi connectivity index (χ4v) is 2.17. The molecule has 1 fully saturated rings. The summed E-state index contributed by atoms with van der Waals surface area (Å²) in [7, 11) is 1.96. The predicted octanol–water partition coefficient (Wildman–Crippen LogP) is 0.810. The van der Waals surface area contributed by atoms with Gasteiger partial charge < -0.3 is 10.1 Å². The molecule has 94 valence electrons. The number of aryl methyl sites for hydroxylation is 1. The number of nitrogens with zero attached hydrogens (tertiary/aromatic N) is 2. The molecule has 4 nitrogen and oxygen atoms in total. The molecule has 2 heterocycles. The fourth-order valence-electron chi connectivity index (χ4n) is 2.17. The minimum atomic E-state index is 0.303. The first kappa shape index (κ1) is 12.5. The van der Waals surface area contributed by atoms with E-state index >= 15 is 0 Å². The first-order valence-corrected chi connectivity index (χ1v) is 6.18. The van der Waals surface area contributed by atoms with Crippen LogP contribution in [0.15, 0.2) is 18.3 Å². The summed E-state index contributed by atoms with van der Waals surface area (Å²) in [6.45, 7) is 6.76. The normalized spacial score (nSPS) is 21.6. The van der Waals surface area contributed by atoms with Crippen LogP contribution in [0.25, 0.3) is 0 Å². The van der Waals surface area contributed by atoms with Crippen molar-refractivity contribution in [3.8, 4) is 0 Å². The number of aromatic nitrogens is 1. The summed E-state index contributed by atoms with van der Waals surface area (Å²) in [5.41, 5.74) is 2.45. The molecular weight excluding hydrogens is 214 g/mol. The second-order valence-electron chi connectivity index (χ2n) is 4.55. The molecule has 1 N–H and O–H groups in total. The molecule has 0 saturated carbocycles. The summed E-state index contributed by atoms with van der Waals surface area (Å²) >= 11 is 0. The third kappa shape index (κ3) is 3.49. The van der Waals surface area contributed by atoms with Gasteiger partial charge in [-0.2, -0.15) is 0 Å². The molecule has 1 aromatic rings. The average Bonchev–Trinajstić information content (AvgIpc) is 2.33. The van der Waals surface area contributed by atoms with Crippen molar-refractivity contribution < 1.29 is 4.74 Å². The maximum atomic E-state index is 5.69. The molecule has 1 aliphatic rings. The van der Waals surface area contributed by atoms with Crippen LogP contribution >= 0.6 is 0 Å². The highest BCUT2D eigenvalue weighted by molar-refractivity contribution is 5.17. The van der Waals surface area contributed by atoms with E-state index in [1.54, 1.807) is 0 Å². The third-order valence-corrected chi connectivity index (χ3v) is 3.15. The molecule has 0 radical (unpaired) electrons. The number of rotatable bonds is 4. The summed E-state index contributed by atoms with van der Waals surface area (Å²) in [6, 6.07) is 4.11. The van der Waals surface area contributed by atoms with Crippen molar-refractivity contribution >= 4 is 0 Å². The van der Waals surface area contributed by atoms with Crippen LogP contribution in [0.3, 0.4) is 0 Å². The van der Waals surface area contributed by atoms with Crippen molar-refractivity contribution in [1.29, 1.82) is 0 Å². The lowest BCUT2D eigenvalue weighted by Gasteiger charge is -2.32. The summed E-state index contributed by atoms with van der Waals surface area (Å²) in [5, 5.41) is 3.17. The van der Waals surface area contributed by atoms with E-state index in [2.05, 4.69) is 28.2 Å². The van der Waals surface area contributed by atoms with Crippen molar-refractivity contribution in [3.63, 3.8) is 0 Å². The lowest BCUT2D eigenvalue weighted by Crippen LogP contribution is -2.45. The monoisotopic (exact) mass is 235 g/mol. The molecule has 0 amide bonds. The SMILES string of the molecule is CNCC1CN(Cc2ncccc2C)CCO1. The van der Waals surface area contributed by atoms with E-state index in [0.29, 0.717) is 6.10 Å². The first-order chi connectivity index (χ1) is 8.29. The van der Waals surface area contributed by atoms with Gasteiger partial charge in [-0.1, -0.05) is 6.07 Å². The molecule has 4 heteroatoms. The Hall–Kier alpha value is -0.970. The molecule has 1 saturated heterocycles. The van der Waals surface area contributed by atoms with Crippen molar-refractivity contribution in [2.24, 2.45) is 0 Å². The van der Waals surface area contributed by atoms with Crippen molar-refractivity contribution in [2.75, 3.05) is 33.3 Å². The lowest BCUT2D eigenvalue weighted by atomic mass is 10.2. The molecule has 1 unspecified atom stereocenters. The van der Waals surface area contributed by atoms with Gasteiger partial charge in [0.2, 0.25) is 0 Å². The van der Waals surface area contributed by atoms with Gasteiger partial charge in [-0.05, 0) is 25.6 Å². The van der Waals surface area contributed by atoms with Gasteiger partial charge in [0.1, 0.15) is 0 Å². The zero-order valence-electron chi connectivity index (χ0n) is 10.6. The van der Waals surface area contributed by atoms with Crippen LogP contribution < -0.4 is 5.32 Å². The number of ether oxygens (including phenoxy) is 1. The Kier molecular flexibility index (Phi) is 4.48. The number of morpholine rings is 1. The Morgan fingerprint density at radius 3 is 3.24 bits per heavy atom. The van der Waals surface area contributed by atoms with Gasteiger partial charge in [0.15, 0.2) is 0 Å². The van der Waals surface area contributed by atoms with Crippen LogP contribution in [0.2, 0.25) is 0 Å². The number of hydrogen-bond donors (Lipinski definition) is 1. The van der Waals surface area contributed by atoms with Gasteiger partial charge in [-0.15, -0.1) is 0 Å². The Morgan fingerprint density at radius 1 is 1.59 bits per heavy atom. The van der Waals surface area contributed by atoms with Gasteiger partial charge in [0.25, 0.3) is 0 Å². The van der Waals surface area contributed by atoms with Gasteiger partial charge in [-0.3, -0.25) is 9.88 Å². The van der Waals surface area contributed by atoms with Crippen LogP contribution in [-0.2, 0) is 11.3 Å². The van der Waals surface area contributed by atoms with E-state index in [9.17, 15) is 0 Å². The Bertz CT molecular complexity index is 354. The fraction of sp³-hybridized carbons (Fsp3) is 0.615. The molecule has 2 rings (SSSR count). The Balaban J connectivity index is 1.92. The Morgan fingerprint density at radius 2 is 2.47 bits per heavy atom. The van der Waals surface area contributed by atoms with Gasteiger partial charge in [0, 0.05) is 32.4 Å². The van der Waals surface area contributed by atoms with Gasteiger partial charge in [-0.25, -0.2) is 0 Å². The van der Waals surface area contributed by atoms with E-state index in [-0.39, 0.29) is 0 Å². The van der Waals surface area contributed by atoms with Crippen LogP contribution in [0.1, 0.15) is 11.3 Å². The predicted molar refractivity (Wildman–Crippen MR) is 67.9 cm³/mol.